The van der Waals surface area contributed by atoms with Crippen molar-refractivity contribution in [2.24, 2.45) is 0 Å². The number of benzene rings is 2. The summed E-state index contributed by atoms with van der Waals surface area (Å²) < 4.78 is 34.6. The van der Waals surface area contributed by atoms with E-state index >= 15 is 0 Å². The lowest BCUT2D eigenvalue weighted by Gasteiger charge is -2.17. The number of halogens is 3. The van der Waals surface area contributed by atoms with Gasteiger partial charge in [0.15, 0.2) is 0 Å². The standard InChI is InChI=1S/C20H14BrF2NO4/c1-11-10-16(28-18(23)14-4-2-3-5-15(14)22)17(21)19(25)24(11)13-8-6-12(7-9-13)20(26)27/h2-10,18H,1H3,(H,26,27). The number of carbonyl (C=O) groups is 1. The zero-order valence-corrected chi connectivity index (χ0v) is 16.1. The molecule has 0 aliphatic heterocycles. The summed E-state index contributed by atoms with van der Waals surface area (Å²) in [6, 6.07) is 12.4. The van der Waals surface area contributed by atoms with Crippen LogP contribution in [0.2, 0.25) is 0 Å². The molecule has 1 atom stereocenters. The van der Waals surface area contributed by atoms with Crippen LogP contribution in [0.3, 0.4) is 0 Å². The van der Waals surface area contributed by atoms with Crippen molar-refractivity contribution in [2.45, 2.75) is 13.3 Å². The van der Waals surface area contributed by atoms with E-state index in [0.717, 1.165) is 6.07 Å². The molecule has 0 aliphatic carbocycles. The first-order valence-corrected chi connectivity index (χ1v) is 8.90. The molecule has 1 aromatic heterocycles. The van der Waals surface area contributed by atoms with Gasteiger partial charge in [-0.15, -0.1) is 0 Å². The number of aromatic carboxylic acids is 1. The second-order valence-electron chi connectivity index (χ2n) is 5.91. The molecule has 0 fully saturated rings. The summed E-state index contributed by atoms with van der Waals surface area (Å²) in [5.74, 6) is -1.91. The van der Waals surface area contributed by atoms with Crippen LogP contribution in [0.5, 0.6) is 5.75 Å². The van der Waals surface area contributed by atoms with Crippen molar-refractivity contribution in [3.8, 4) is 11.4 Å². The SMILES string of the molecule is Cc1cc(OC(F)c2ccccc2F)c(Br)c(=O)n1-c1ccc(C(=O)O)cc1. The summed E-state index contributed by atoms with van der Waals surface area (Å²) in [6.07, 6.45) is -2.10. The van der Waals surface area contributed by atoms with Crippen LogP contribution in [-0.4, -0.2) is 15.6 Å². The lowest BCUT2D eigenvalue weighted by atomic mass is 10.2. The molecule has 0 radical (unpaired) electrons. The first-order chi connectivity index (χ1) is 13.3. The summed E-state index contributed by atoms with van der Waals surface area (Å²) in [5, 5.41) is 8.98. The molecule has 0 bridgehead atoms. The number of aryl methyl sites for hydroxylation is 1. The van der Waals surface area contributed by atoms with Crippen LogP contribution >= 0.6 is 15.9 Å². The minimum Gasteiger partial charge on any atom is -0.478 e. The number of carboxylic acids is 1. The van der Waals surface area contributed by atoms with Gasteiger partial charge in [-0.25, -0.2) is 9.18 Å². The fourth-order valence-corrected chi connectivity index (χ4v) is 3.06. The van der Waals surface area contributed by atoms with Gasteiger partial charge in [-0.05, 0) is 59.3 Å². The molecule has 2 aromatic carbocycles. The van der Waals surface area contributed by atoms with E-state index < -0.39 is 23.7 Å². The Morgan fingerprint density at radius 1 is 1.18 bits per heavy atom. The fraction of sp³-hybridized carbons (Fsp3) is 0.100. The summed E-state index contributed by atoms with van der Waals surface area (Å²) in [4.78, 5) is 23.7. The monoisotopic (exact) mass is 449 g/mol. The van der Waals surface area contributed by atoms with Gasteiger partial charge >= 0.3 is 5.97 Å². The van der Waals surface area contributed by atoms with Crippen LogP contribution in [-0.2, 0) is 0 Å². The van der Waals surface area contributed by atoms with Gasteiger partial charge in [-0.1, -0.05) is 12.1 Å². The van der Waals surface area contributed by atoms with Crippen molar-refractivity contribution in [1.29, 1.82) is 0 Å². The second kappa shape index (κ2) is 7.93. The van der Waals surface area contributed by atoms with Gasteiger partial charge in [0.2, 0.25) is 0 Å². The molecular weight excluding hydrogens is 436 g/mol. The van der Waals surface area contributed by atoms with Gasteiger partial charge < -0.3 is 9.84 Å². The van der Waals surface area contributed by atoms with E-state index in [4.69, 9.17) is 9.84 Å². The van der Waals surface area contributed by atoms with Gasteiger partial charge in [-0.2, -0.15) is 4.39 Å². The number of hydrogen-bond donors (Lipinski definition) is 1. The largest absolute Gasteiger partial charge is 0.478 e. The van der Waals surface area contributed by atoms with Crippen LogP contribution in [0.1, 0.15) is 28.0 Å². The van der Waals surface area contributed by atoms with E-state index in [-0.39, 0.29) is 21.3 Å². The third kappa shape index (κ3) is 3.82. The van der Waals surface area contributed by atoms with E-state index in [0.29, 0.717) is 11.4 Å². The highest BCUT2D eigenvalue weighted by atomic mass is 79.9. The number of pyridine rings is 1. The number of aromatic nitrogens is 1. The summed E-state index contributed by atoms with van der Waals surface area (Å²) in [7, 11) is 0. The number of alkyl halides is 1. The van der Waals surface area contributed by atoms with Gasteiger partial charge in [0.1, 0.15) is 16.0 Å². The van der Waals surface area contributed by atoms with Gasteiger partial charge in [0.05, 0.1) is 11.1 Å². The molecule has 8 heteroatoms. The maximum absolute atomic E-state index is 14.4. The molecular formula is C20H14BrF2NO4. The van der Waals surface area contributed by atoms with Crippen molar-refractivity contribution < 1.29 is 23.4 Å². The summed E-state index contributed by atoms with van der Waals surface area (Å²) in [6.45, 7) is 1.61. The number of carboxylic acid groups (broad SMARTS) is 1. The Morgan fingerprint density at radius 3 is 2.43 bits per heavy atom. The number of rotatable bonds is 5. The Bertz CT molecular complexity index is 1100. The zero-order valence-electron chi connectivity index (χ0n) is 14.5. The van der Waals surface area contributed by atoms with E-state index in [9.17, 15) is 18.4 Å². The molecule has 0 saturated carbocycles. The molecule has 0 spiro atoms. The van der Waals surface area contributed by atoms with Gasteiger partial charge in [0.25, 0.3) is 11.9 Å². The maximum atomic E-state index is 14.4. The van der Waals surface area contributed by atoms with E-state index in [2.05, 4.69) is 15.9 Å². The Balaban J connectivity index is 1.97. The quantitative estimate of drug-likeness (QED) is 0.607. The average molecular weight is 450 g/mol. The highest BCUT2D eigenvalue weighted by Gasteiger charge is 2.20. The van der Waals surface area contributed by atoms with Crippen LogP contribution in [0.25, 0.3) is 5.69 Å². The van der Waals surface area contributed by atoms with Gasteiger partial charge in [0, 0.05) is 17.4 Å². The average Bonchev–Trinajstić information content (AvgIpc) is 2.66. The Morgan fingerprint density at radius 2 is 1.82 bits per heavy atom. The summed E-state index contributed by atoms with van der Waals surface area (Å²) in [5.41, 5.74) is 0.135. The number of ether oxygens (including phenoxy) is 1. The van der Waals surface area contributed by atoms with Crippen molar-refractivity contribution in [1.82, 2.24) is 4.57 Å². The van der Waals surface area contributed by atoms with Crippen molar-refractivity contribution in [3.05, 3.63) is 92.1 Å². The van der Waals surface area contributed by atoms with Crippen molar-refractivity contribution >= 4 is 21.9 Å². The molecule has 144 valence electrons. The smallest absolute Gasteiger partial charge is 0.335 e. The molecule has 1 N–H and O–H groups in total. The molecule has 5 nitrogen and oxygen atoms in total. The third-order valence-electron chi connectivity index (χ3n) is 4.05. The predicted octanol–water partition coefficient (Wildman–Crippen LogP) is 4.79. The number of nitrogens with zero attached hydrogens (tertiary/aromatic N) is 1. The van der Waals surface area contributed by atoms with Crippen LogP contribution in [0.4, 0.5) is 8.78 Å². The molecule has 3 rings (SSSR count). The first kappa shape index (κ1) is 19.8. The molecule has 3 aromatic rings. The molecule has 0 saturated heterocycles. The Kier molecular flexibility index (Phi) is 5.60. The minimum atomic E-state index is -2.10. The number of hydrogen-bond acceptors (Lipinski definition) is 3. The Hall–Kier alpha value is -3.00. The van der Waals surface area contributed by atoms with Crippen molar-refractivity contribution in [3.63, 3.8) is 0 Å². The minimum absolute atomic E-state index is 0.0422. The van der Waals surface area contributed by atoms with Crippen molar-refractivity contribution in [2.75, 3.05) is 0 Å². The van der Waals surface area contributed by atoms with Crippen LogP contribution < -0.4 is 10.3 Å². The second-order valence-corrected chi connectivity index (χ2v) is 6.70. The maximum Gasteiger partial charge on any atom is 0.335 e. The van der Waals surface area contributed by atoms with Crippen LogP contribution in [0.15, 0.2) is 63.9 Å². The van der Waals surface area contributed by atoms with E-state index in [1.165, 1.54) is 53.1 Å². The van der Waals surface area contributed by atoms with E-state index in [1.54, 1.807) is 6.92 Å². The lowest BCUT2D eigenvalue weighted by Crippen LogP contribution is -2.22. The zero-order chi connectivity index (χ0) is 20.4. The van der Waals surface area contributed by atoms with E-state index in [1.807, 2.05) is 0 Å². The molecule has 1 heterocycles. The fourth-order valence-electron chi connectivity index (χ4n) is 2.68. The molecule has 0 aliphatic rings. The van der Waals surface area contributed by atoms with Gasteiger partial charge in [-0.3, -0.25) is 9.36 Å². The molecule has 0 amide bonds. The predicted molar refractivity (Wildman–Crippen MR) is 102 cm³/mol. The first-order valence-electron chi connectivity index (χ1n) is 8.10. The normalized spacial score (nSPS) is 11.9. The van der Waals surface area contributed by atoms with Crippen LogP contribution in [0, 0.1) is 12.7 Å². The highest BCUT2D eigenvalue weighted by molar-refractivity contribution is 9.10. The molecule has 28 heavy (non-hydrogen) atoms. The highest BCUT2D eigenvalue weighted by Crippen LogP contribution is 2.30. The topological polar surface area (TPSA) is 68.5 Å². The third-order valence-corrected chi connectivity index (χ3v) is 4.78. The summed E-state index contributed by atoms with van der Waals surface area (Å²) >= 11 is 3.11. The Labute approximate surface area is 166 Å². The lowest BCUT2D eigenvalue weighted by molar-refractivity contribution is 0.0625. The molecule has 1 unspecified atom stereocenters.